The highest BCUT2D eigenvalue weighted by Crippen LogP contribution is 2.60. The zero-order valence-corrected chi connectivity index (χ0v) is 15.3. The smallest absolute Gasteiger partial charge is 0.236 e. The van der Waals surface area contributed by atoms with Crippen LogP contribution >= 0.6 is 15.9 Å². The van der Waals surface area contributed by atoms with Crippen LogP contribution in [0.4, 0.5) is 5.69 Å². The molecule has 2 aliphatic rings. The first kappa shape index (κ1) is 15.7. The average Bonchev–Trinajstić information content (AvgIpc) is 3.13. The predicted molar refractivity (Wildman–Crippen MR) is 98.3 cm³/mol. The Morgan fingerprint density at radius 1 is 1.04 bits per heavy atom. The second-order valence-corrected chi connectivity index (χ2v) is 7.61. The van der Waals surface area contributed by atoms with E-state index in [1.54, 1.807) is 7.11 Å². The summed E-state index contributed by atoms with van der Waals surface area (Å²) in [4.78, 5) is 15.0. The maximum atomic E-state index is 13.1. The number of ether oxygens (including phenoxy) is 1. The highest BCUT2D eigenvalue weighted by Gasteiger charge is 2.62. The third-order valence-corrected chi connectivity index (χ3v) is 5.99. The molecule has 1 unspecified atom stereocenters. The molecule has 0 aromatic heterocycles. The molecule has 1 amide bonds. The Kier molecular flexibility index (Phi) is 3.87. The standard InChI is InChI=1S/C20H20BrNO2/c1-24-17-10-4-14(5-11-17)18-20(12-2-3-13-20)19(23)22(18)16-8-6-15(21)7-9-16/h4-11,18H,2-3,12-13H2,1H3. The number of hydrogen-bond acceptors (Lipinski definition) is 2. The summed E-state index contributed by atoms with van der Waals surface area (Å²) in [5.74, 6) is 1.13. The molecule has 1 saturated heterocycles. The number of hydrogen-bond donors (Lipinski definition) is 0. The Hall–Kier alpha value is -1.81. The van der Waals surface area contributed by atoms with Crippen molar-refractivity contribution in [2.45, 2.75) is 31.7 Å². The van der Waals surface area contributed by atoms with Gasteiger partial charge in [-0.3, -0.25) is 4.79 Å². The summed E-state index contributed by atoms with van der Waals surface area (Å²) in [6.45, 7) is 0. The fourth-order valence-electron chi connectivity index (χ4n) is 4.27. The molecule has 0 N–H and O–H groups in total. The Morgan fingerprint density at radius 2 is 1.67 bits per heavy atom. The van der Waals surface area contributed by atoms with Crippen LogP contribution in [0.15, 0.2) is 53.0 Å². The zero-order valence-electron chi connectivity index (χ0n) is 13.7. The normalized spacial score (nSPS) is 21.8. The molecule has 0 bridgehead atoms. The van der Waals surface area contributed by atoms with E-state index in [1.165, 1.54) is 5.56 Å². The number of carbonyl (C=O) groups excluding carboxylic acids is 1. The van der Waals surface area contributed by atoms with Gasteiger partial charge in [0.05, 0.1) is 18.6 Å². The summed E-state index contributed by atoms with van der Waals surface area (Å²) >= 11 is 3.47. The van der Waals surface area contributed by atoms with Gasteiger partial charge in [0.25, 0.3) is 0 Å². The average molecular weight is 386 g/mol. The molecule has 0 radical (unpaired) electrons. The molecule has 2 aromatic rings. The number of nitrogens with zero attached hydrogens (tertiary/aromatic N) is 1. The second-order valence-electron chi connectivity index (χ2n) is 6.69. The lowest BCUT2D eigenvalue weighted by molar-refractivity contribution is -0.139. The summed E-state index contributed by atoms with van der Waals surface area (Å²) in [6.07, 6.45) is 4.28. The monoisotopic (exact) mass is 385 g/mol. The number of amides is 1. The van der Waals surface area contributed by atoms with E-state index in [9.17, 15) is 4.79 Å². The van der Waals surface area contributed by atoms with E-state index in [-0.39, 0.29) is 17.4 Å². The number of β-lactam (4-membered cyclic amide) rings is 1. The van der Waals surface area contributed by atoms with Crippen molar-refractivity contribution in [1.29, 1.82) is 0 Å². The summed E-state index contributed by atoms with van der Waals surface area (Å²) in [7, 11) is 1.68. The van der Waals surface area contributed by atoms with E-state index in [2.05, 4.69) is 28.1 Å². The highest BCUT2D eigenvalue weighted by atomic mass is 79.9. The van der Waals surface area contributed by atoms with Gasteiger partial charge in [0.1, 0.15) is 5.75 Å². The van der Waals surface area contributed by atoms with Gasteiger partial charge in [-0.25, -0.2) is 0 Å². The van der Waals surface area contributed by atoms with Crippen molar-refractivity contribution in [1.82, 2.24) is 0 Å². The van der Waals surface area contributed by atoms with Crippen LogP contribution in [-0.2, 0) is 4.79 Å². The molecule has 1 saturated carbocycles. The second kappa shape index (κ2) is 5.92. The number of benzene rings is 2. The van der Waals surface area contributed by atoms with Crippen LogP contribution in [-0.4, -0.2) is 13.0 Å². The van der Waals surface area contributed by atoms with E-state index in [4.69, 9.17) is 4.74 Å². The molecule has 2 aromatic carbocycles. The van der Waals surface area contributed by atoms with Crippen LogP contribution in [0.2, 0.25) is 0 Å². The maximum Gasteiger partial charge on any atom is 0.236 e. The molecular weight excluding hydrogens is 366 g/mol. The van der Waals surface area contributed by atoms with Crippen LogP contribution in [0.5, 0.6) is 5.75 Å². The Balaban J connectivity index is 1.74. The summed E-state index contributed by atoms with van der Waals surface area (Å²) in [5.41, 5.74) is 1.96. The summed E-state index contributed by atoms with van der Waals surface area (Å²) in [6, 6.07) is 16.3. The first-order valence-corrected chi connectivity index (χ1v) is 9.18. The van der Waals surface area contributed by atoms with Crippen molar-refractivity contribution >= 4 is 27.5 Å². The molecule has 2 fully saturated rings. The first-order chi connectivity index (χ1) is 11.7. The van der Waals surface area contributed by atoms with Crippen LogP contribution in [0.3, 0.4) is 0 Å². The van der Waals surface area contributed by atoms with Gasteiger partial charge in [0.2, 0.25) is 5.91 Å². The van der Waals surface area contributed by atoms with Crippen molar-refractivity contribution in [3.05, 3.63) is 58.6 Å². The third-order valence-electron chi connectivity index (χ3n) is 5.46. The van der Waals surface area contributed by atoms with Crippen molar-refractivity contribution in [2.75, 3.05) is 12.0 Å². The fourth-order valence-corrected chi connectivity index (χ4v) is 4.53. The Labute approximate surface area is 150 Å². The van der Waals surface area contributed by atoms with E-state index >= 15 is 0 Å². The van der Waals surface area contributed by atoms with Crippen LogP contribution in [0.1, 0.15) is 37.3 Å². The molecule has 24 heavy (non-hydrogen) atoms. The Morgan fingerprint density at radius 3 is 2.25 bits per heavy atom. The predicted octanol–water partition coefficient (Wildman–Crippen LogP) is 5.11. The van der Waals surface area contributed by atoms with Gasteiger partial charge in [-0.15, -0.1) is 0 Å². The van der Waals surface area contributed by atoms with Crippen molar-refractivity contribution in [2.24, 2.45) is 5.41 Å². The van der Waals surface area contributed by atoms with Crippen molar-refractivity contribution < 1.29 is 9.53 Å². The lowest BCUT2D eigenvalue weighted by Gasteiger charge is -2.55. The van der Waals surface area contributed by atoms with Crippen molar-refractivity contribution in [3.63, 3.8) is 0 Å². The van der Waals surface area contributed by atoms with Gasteiger partial charge in [-0.05, 0) is 54.8 Å². The lowest BCUT2D eigenvalue weighted by Crippen LogP contribution is -2.62. The van der Waals surface area contributed by atoms with Gasteiger partial charge in [0.15, 0.2) is 0 Å². The first-order valence-electron chi connectivity index (χ1n) is 8.39. The highest BCUT2D eigenvalue weighted by molar-refractivity contribution is 9.10. The van der Waals surface area contributed by atoms with Gasteiger partial charge < -0.3 is 9.64 Å². The largest absolute Gasteiger partial charge is 0.497 e. The Bertz CT molecular complexity index is 748. The molecule has 4 heteroatoms. The lowest BCUT2D eigenvalue weighted by atomic mass is 9.66. The van der Waals surface area contributed by atoms with Crippen LogP contribution in [0, 0.1) is 5.41 Å². The fraction of sp³-hybridized carbons (Fsp3) is 0.350. The van der Waals surface area contributed by atoms with E-state index in [0.29, 0.717) is 0 Å². The minimum Gasteiger partial charge on any atom is -0.497 e. The molecular formula is C20H20BrNO2. The van der Waals surface area contributed by atoms with E-state index in [0.717, 1.165) is 41.6 Å². The quantitative estimate of drug-likeness (QED) is 0.687. The van der Waals surface area contributed by atoms with Gasteiger partial charge in [-0.1, -0.05) is 40.9 Å². The van der Waals surface area contributed by atoms with E-state index < -0.39 is 0 Å². The summed E-state index contributed by atoms with van der Waals surface area (Å²) in [5, 5.41) is 0. The number of anilines is 1. The number of rotatable bonds is 3. The van der Waals surface area contributed by atoms with Gasteiger partial charge in [-0.2, -0.15) is 0 Å². The molecule has 1 atom stereocenters. The van der Waals surface area contributed by atoms with Crippen LogP contribution < -0.4 is 9.64 Å². The molecule has 124 valence electrons. The molecule has 3 nitrogen and oxygen atoms in total. The molecule has 4 rings (SSSR count). The minimum atomic E-state index is -0.207. The zero-order chi connectivity index (χ0) is 16.7. The topological polar surface area (TPSA) is 29.5 Å². The number of methoxy groups -OCH3 is 1. The van der Waals surface area contributed by atoms with Gasteiger partial charge >= 0.3 is 0 Å². The van der Waals surface area contributed by atoms with Gasteiger partial charge in [0, 0.05) is 10.2 Å². The molecule has 1 aliphatic heterocycles. The summed E-state index contributed by atoms with van der Waals surface area (Å²) < 4.78 is 6.30. The number of halogens is 1. The third kappa shape index (κ3) is 2.27. The number of carbonyl (C=O) groups is 1. The molecule has 1 spiro atoms. The van der Waals surface area contributed by atoms with Crippen molar-refractivity contribution in [3.8, 4) is 5.75 Å². The molecule has 1 aliphatic carbocycles. The van der Waals surface area contributed by atoms with Crippen LogP contribution in [0.25, 0.3) is 0 Å². The minimum absolute atomic E-state index is 0.125. The maximum absolute atomic E-state index is 13.1. The molecule has 1 heterocycles. The SMILES string of the molecule is COc1ccc(C2N(c3ccc(Br)cc3)C(=O)C23CCCC3)cc1. The van der Waals surface area contributed by atoms with E-state index in [1.807, 2.05) is 41.3 Å².